The van der Waals surface area contributed by atoms with E-state index in [1.807, 2.05) is 35.9 Å². The summed E-state index contributed by atoms with van der Waals surface area (Å²) < 4.78 is 1.91. The summed E-state index contributed by atoms with van der Waals surface area (Å²) in [6, 6.07) is 9.62. The molecular weight excluding hydrogens is 268 g/mol. The van der Waals surface area contributed by atoms with Gasteiger partial charge in [0.2, 0.25) is 0 Å². The molecule has 0 bridgehead atoms. The molecule has 0 fully saturated rings. The Labute approximate surface area is 115 Å². The molecule has 0 amide bonds. The van der Waals surface area contributed by atoms with Gasteiger partial charge in [0.05, 0.1) is 6.07 Å². The van der Waals surface area contributed by atoms with Gasteiger partial charge in [-0.05, 0) is 12.1 Å². The highest BCUT2D eigenvalue weighted by atomic mass is 35.5. The quantitative estimate of drug-likeness (QED) is 0.637. The number of nitrogens with zero attached hydrogens (tertiary/aromatic N) is 4. The fourth-order valence-corrected chi connectivity index (χ4v) is 2.45. The van der Waals surface area contributed by atoms with E-state index in [2.05, 4.69) is 16.3 Å². The second-order valence-corrected chi connectivity index (χ2v) is 5.13. The number of hydrogen-bond donors (Lipinski definition) is 0. The summed E-state index contributed by atoms with van der Waals surface area (Å²) in [5.41, 5.74) is 0.935. The molecule has 0 unspecified atom stereocenters. The summed E-state index contributed by atoms with van der Waals surface area (Å²) in [6.07, 6.45) is 0.504. The topological polar surface area (TPSA) is 54.5 Å². The maximum Gasteiger partial charge on any atom is 0.191 e. The molecule has 0 atom stereocenters. The van der Waals surface area contributed by atoms with Crippen LogP contribution in [0.3, 0.4) is 0 Å². The first-order valence-electron chi connectivity index (χ1n) is 5.37. The summed E-state index contributed by atoms with van der Waals surface area (Å²) >= 11 is 7.48. The second-order valence-electron chi connectivity index (χ2n) is 3.63. The molecule has 1 aromatic heterocycles. The minimum Gasteiger partial charge on any atom is -0.305 e. The normalized spacial score (nSPS) is 10.3. The Balaban J connectivity index is 2.23. The van der Waals surface area contributed by atoms with Gasteiger partial charge in [-0.25, -0.2) is 0 Å². The third-order valence-corrected chi connectivity index (χ3v) is 3.62. The van der Waals surface area contributed by atoms with E-state index in [4.69, 9.17) is 16.9 Å². The van der Waals surface area contributed by atoms with Crippen molar-refractivity contribution in [2.75, 3.05) is 5.75 Å². The van der Waals surface area contributed by atoms with Crippen molar-refractivity contribution in [3.8, 4) is 17.5 Å². The van der Waals surface area contributed by atoms with Crippen molar-refractivity contribution >= 4 is 23.4 Å². The number of benzene rings is 1. The van der Waals surface area contributed by atoms with Gasteiger partial charge in [-0.2, -0.15) is 5.26 Å². The van der Waals surface area contributed by atoms with E-state index < -0.39 is 0 Å². The molecule has 4 nitrogen and oxygen atoms in total. The number of hydrogen-bond acceptors (Lipinski definition) is 4. The molecule has 0 saturated heterocycles. The monoisotopic (exact) mass is 278 g/mol. The second kappa shape index (κ2) is 5.89. The van der Waals surface area contributed by atoms with Crippen molar-refractivity contribution in [3.63, 3.8) is 0 Å². The highest BCUT2D eigenvalue weighted by molar-refractivity contribution is 7.99. The van der Waals surface area contributed by atoms with Crippen LogP contribution in [0.15, 0.2) is 29.4 Å². The highest BCUT2D eigenvalue weighted by Gasteiger charge is 2.10. The standard InChI is InChI=1S/C12H11ClN4S/c1-17-11(9-4-2-5-10(13)8-9)15-16-12(17)18-7-3-6-14/h2,4-5,8H,3,7H2,1H3. The van der Waals surface area contributed by atoms with Gasteiger partial charge in [-0.15, -0.1) is 10.2 Å². The lowest BCUT2D eigenvalue weighted by molar-refractivity contribution is 0.794. The maximum absolute atomic E-state index is 8.51. The molecule has 0 spiro atoms. The van der Waals surface area contributed by atoms with E-state index in [9.17, 15) is 0 Å². The van der Waals surface area contributed by atoms with Crippen molar-refractivity contribution in [3.05, 3.63) is 29.3 Å². The Hall–Kier alpha value is -1.51. The van der Waals surface area contributed by atoms with Crippen LogP contribution < -0.4 is 0 Å². The van der Waals surface area contributed by atoms with Crippen LogP contribution in [0.25, 0.3) is 11.4 Å². The molecule has 0 N–H and O–H groups in total. The van der Waals surface area contributed by atoms with Crippen LogP contribution in [-0.2, 0) is 7.05 Å². The molecule has 0 aliphatic heterocycles. The van der Waals surface area contributed by atoms with Gasteiger partial charge in [0.15, 0.2) is 11.0 Å². The van der Waals surface area contributed by atoms with Crippen LogP contribution >= 0.6 is 23.4 Å². The SMILES string of the molecule is Cn1c(SCCC#N)nnc1-c1cccc(Cl)c1. The first kappa shape index (κ1) is 12.9. The number of thioether (sulfide) groups is 1. The summed E-state index contributed by atoms with van der Waals surface area (Å²) in [5.74, 6) is 1.50. The molecule has 0 radical (unpaired) electrons. The molecule has 92 valence electrons. The highest BCUT2D eigenvalue weighted by Crippen LogP contribution is 2.24. The Morgan fingerprint density at radius 2 is 2.28 bits per heavy atom. The fourth-order valence-electron chi connectivity index (χ4n) is 1.51. The van der Waals surface area contributed by atoms with E-state index >= 15 is 0 Å². The van der Waals surface area contributed by atoms with Gasteiger partial charge in [-0.3, -0.25) is 0 Å². The molecule has 1 aromatic carbocycles. The Kier molecular flexibility index (Phi) is 4.24. The average Bonchev–Trinajstić information content (AvgIpc) is 2.72. The number of aromatic nitrogens is 3. The minimum absolute atomic E-state index is 0.504. The van der Waals surface area contributed by atoms with Gasteiger partial charge < -0.3 is 4.57 Å². The van der Waals surface area contributed by atoms with E-state index in [1.165, 1.54) is 11.8 Å². The van der Waals surface area contributed by atoms with Crippen molar-refractivity contribution in [1.82, 2.24) is 14.8 Å². The number of nitriles is 1. The molecule has 2 aromatic rings. The van der Waals surface area contributed by atoms with Gasteiger partial charge in [0.25, 0.3) is 0 Å². The smallest absolute Gasteiger partial charge is 0.191 e. The average molecular weight is 279 g/mol. The molecule has 18 heavy (non-hydrogen) atoms. The first-order chi connectivity index (χ1) is 8.72. The predicted molar refractivity (Wildman–Crippen MR) is 72.4 cm³/mol. The Morgan fingerprint density at radius 1 is 1.44 bits per heavy atom. The molecule has 2 rings (SSSR count). The molecule has 0 aliphatic rings. The lowest BCUT2D eigenvalue weighted by Crippen LogP contribution is -1.95. The largest absolute Gasteiger partial charge is 0.305 e. The molecule has 6 heteroatoms. The summed E-state index contributed by atoms with van der Waals surface area (Å²) in [4.78, 5) is 0. The van der Waals surface area contributed by atoms with Crippen molar-refractivity contribution in [2.45, 2.75) is 11.6 Å². The van der Waals surface area contributed by atoms with Crippen molar-refractivity contribution in [1.29, 1.82) is 5.26 Å². The Bertz CT molecular complexity index is 588. The van der Waals surface area contributed by atoms with Crippen molar-refractivity contribution in [2.24, 2.45) is 7.05 Å². The summed E-state index contributed by atoms with van der Waals surface area (Å²) in [5, 5.41) is 18.3. The first-order valence-corrected chi connectivity index (χ1v) is 6.74. The zero-order valence-corrected chi connectivity index (χ0v) is 11.4. The van der Waals surface area contributed by atoms with E-state index in [0.29, 0.717) is 11.4 Å². The van der Waals surface area contributed by atoms with Gasteiger partial charge in [0.1, 0.15) is 0 Å². The lowest BCUT2D eigenvalue weighted by atomic mass is 10.2. The summed E-state index contributed by atoms with van der Waals surface area (Å²) in [6.45, 7) is 0. The molecule has 0 aliphatic carbocycles. The van der Waals surface area contributed by atoms with Crippen LogP contribution in [0.4, 0.5) is 0 Å². The Morgan fingerprint density at radius 3 is 3.00 bits per heavy atom. The number of halogens is 1. The van der Waals surface area contributed by atoms with E-state index in [1.54, 1.807) is 0 Å². The van der Waals surface area contributed by atoms with Gasteiger partial charge in [-0.1, -0.05) is 35.5 Å². The van der Waals surface area contributed by atoms with Crippen LogP contribution in [-0.4, -0.2) is 20.5 Å². The zero-order valence-electron chi connectivity index (χ0n) is 9.80. The van der Waals surface area contributed by atoms with Gasteiger partial charge >= 0.3 is 0 Å². The minimum atomic E-state index is 0.504. The summed E-state index contributed by atoms with van der Waals surface area (Å²) in [7, 11) is 1.91. The van der Waals surface area contributed by atoms with Crippen molar-refractivity contribution < 1.29 is 0 Å². The lowest BCUT2D eigenvalue weighted by Gasteiger charge is -2.03. The van der Waals surface area contributed by atoms with Crippen LogP contribution in [0.5, 0.6) is 0 Å². The predicted octanol–water partition coefficient (Wildman–Crippen LogP) is 3.14. The van der Waals surface area contributed by atoms with Gasteiger partial charge in [0, 0.05) is 29.8 Å². The van der Waals surface area contributed by atoms with E-state index in [0.717, 1.165) is 22.3 Å². The third-order valence-electron chi connectivity index (χ3n) is 2.36. The van der Waals surface area contributed by atoms with Crippen LogP contribution in [0.1, 0.15) is 6.42 Å². The fraction of sp³-hybridized carbons (Fsp3) is 0.250. The van der Waals surface area contributed by atoms with E-state index in [-0.39, 0.29) is 0 Å². The molecule has 0 saturated carbocycles. The third kappa shape index (κ3) is 2.84. The van der Waals surface area contributed by atoms with Crippen LogP contribution in [0, 0.1) is 11.3 Å². The zero-order chi connectivity index (χ0) is 13.0. The van der Waals surface area contributed by atoms with Crippen LogP contribution in [0.2, 0.25) is 5.02 Å². The molecule has 1 heterocycles. The maximum atomic E-state index is 8.51. The number of rotatable bonds is 4. The molecular formula is C12H11ClN4S.